The van der Waals surface area contributed by atoms with Gasteiger partial charge < -0.3 is 4.74 Å². The molecule has 5 rings (SSSR count). The van der Waals surface area contributed by atoms with Gasteiger partial charge in [-0.15, -0.1) is 0 Å². The third kappa shape index (κ3) is 3.30. The second-order valence-corrected chi connectivity index (χ2v) is 10.6. The molecule has 0 spiro atoms. The Bertz CT molecular complexity index is 949. The van der Waals surface area contributed by atoms with Gasteiger partial charge in [-0.25, -0.2) is 9.67 Å². The van der Waals surface area contributed by atoms with Gasteiger partial charge in [0.25, 0.3) is 0 Å². The lowest BCUT2D eigenvalue weighted by molar-refractivity contribution is -0.148. The maximum absolute atomic E-state index is 13.1. The first kappa shape index (κ1) is 20.7. The molecule has 2 fully saturated rings. The average molecular weight is 424 g/mol. The summed E-state index contributed by atoms with van der Waals surface area (Å²) in [7, 11) is 0. The molecule has 6 nitrogen and oxygen atoms in total. The van der Waals surface area contributed by atoms with Crippen LogP contribution < -0.4 is 0 Å². The number of rotatable bonds is 4. The van der Waals surface area contributed by atoms with Crippen molar-refractivity contribution in [1.29, 1.82) is 0 Å². The first-order chi connectivity index (χ1) is 14.8. The van der Waals surface area contributed by atoms with Gasteiger partial charge in [0.15, 0.2) is 5.78 Å². The van der Waals surface area contributed by atoms with Crippen molar-refractivity contribution >= 4 is 11.8 Å². The monoisotopic (exact) mass is 423 g/mol. The quantitative estimate of drug-likeness (QED) is 0.534. The van der Waals surface area contributed by atoms with E-state index in [-0.39, 0.29) is 35.2 Å². The zero-order chi connectivity index (χ0) is 21.8. The van der Waals surface area contributed by atoms with Gasteiger partial charge in [-0.1, -0.05) is 31.6 Å². The summed E-state index contributed by atoms with van der Waals surface area (Å²) in [5.41, 5.74) is 2.69. The number of hydrogen-bond acceptors (Lipinski definition) is 5. The van der Waals surface area contributed by atoms with E-state index in [2.05, 4.69) is 36.1 Å². The fourth-order valence-electron chi connectivity index (χ4n) is 7.51. The summed E-state index contributed by atoms with van der Waals surface area (Å²) in [5, 5.41) is 4.12. The normalized spacial score (nSPS) is 38.9. The summed E-state index contributed by atoms with van der Waals surface area (Å²) in [6, 6.07) is 0. The number of carbonyl (C=O) groups excluding carboxylic acids is 2. The molecule has 4 aliphatic rings. The molecule has 4 aliphatic carbocycles. The molecule has 2 saturated carbocycles. The van der Waals surface area contributed by atoms with E-state index in [1.165, 1.54) is 18.8 Å². The smallest absolute Gasteiger partial charge is 0.302 e. The molecule has 0 radical (unpaired) electrons. The van der Waals surface area contributed by atoms with Crippen LogP contribution in [0.15, 0.2) is 36.0 Å². The van der Waals surface area contributed by atoms with Crippen LogP contribution in [0.5, 0.6) is 0 Å². The van der Waals surface area contributed by atoms with Crippen molar-refractivity contribution in [2.24, 2.45) is 28.6 Å². The lowest BCUT2D eigenvalue weighted by Crippen LogP contribution is -2.50. The number of aromatic nitrogens is 3. The zero-order valence-corrected chi connectivity index (χ0v) is 18.8. The highest BCUT2D eigenvalue weighted by atomic mass is 16.5. The molecule has 0 amide bonds. The second-order valence-electron chi connectivity index (χ2n) is 10.6. The van der Waals surface area contributed by atoms with Crippen molar-refractivity contribution in [2.45, 2.75) is 78.4 Å². The first-order valence-electron chi connectivity index (χ1n) is 11.7. The van der Waals surface area contributed by atoms with Crippen molar-refractivity contribution in [2.75, 3.05) is 0 Å². The fraction of sp³-hybridized carbons (Fsp3) is 0.680. The third-order valence-corrected chi connectivity index (χ3v) is 9.04. The molecule has 0 unspecified atom stereocenters. The minimum Gasteiger partial charge on any atom is -0.462 e. The maximum atomic E-state index is 13.1. The molecule has 1 heterocycles. The molecule has 6 atom stereocenters. The van der Waals surface area contributed by atoms with Crippen LogP contribution >= 0.6 is 0 Å². The molecule has 166 valence electrons. The van der Waals surface area contributed by atoms with E-state index < -0.39 is 0 Å². The standard InChI is InChI=1S/C25H33N3O3/c1-16(29)31-18-8-10-24(2)17(12-18)4-5-19-20-6-7-22(25(20,3)11-9-21(19)24)23(30)13-28-15-26-14-27-28/h4,7,14-15,18-21H,5-6,8-13H2,1-3H3/t18-,19-,20-,21-,24-,25-/m0/s1. The van der Waals surface area contributed by atoms with E-state index in [0.29, 0.717) is 17.8 Å². The van der Waals surface area contributed by atoms with Gasteiger partial charge in [-0.3, -0.25) is 9.59 Å². The SMILES string of the molecule is CC(=O)O[C@H]1CC[C@@]2(C)C(=CC[C@@H]3[C@@H]2CC[C@]2(C)C(C(=O)Cn4cncn4)=CC[C@@H]32)C1. The van der Waals surface area contributed by atoms with Gasteiger partial charge in [0, 0.05) is 13.3 Å². The van der Waals surface area contributed by atoms with E-state index in [1.807, 2.05) is 0 Å². The Labute approximate surface area is 184 Å². The van der Waals surface area contributed by atoms with E-state index in [1.54, 1.807) is 11.0 Å². The molecule has 1 aromatic heterocycles. The molecule has 0 bridgehead atoms. The minimum atomic E-state index is -0.170. The van der Waals surface area contributed by atoms with Crippen molar-refractivity contribution in [3.63, 3.8) is 0 Å². The zero-order valence-electron chi connectivity index (χ0n) is 18.8. The molecule has 6 heteroatoms. The van der Waals surface area contributed by atoms with Crippen molar-refractivity contribution in [3.8, 4) is 0 Å². The highest BCUT2D eigenvalue weighted by Gasteiger charge is 2.57. The van der Waals surface area contributed by atoms with Crippen LogP contribution in [0.4, 0.5) is 0 Å². The second kappa shape index (κ2) is 7.42. The highest BCUT2D eigenvalue weighted by molar-refractivity contribution is 5.97. The van der Waals surface area contributed by atoms with E-state index in [9.17, 15) is 9.59 Å². The van der Waals surface area contributed by atoms with Crippen LogP contribution in [0.2, 0.25) is 0 Å². The summed E-state index contributed by atoms with van der Waals surface area (Å²) in [4.78, 5) is 28.5. The summed E-state index contributed by atoms with van der Waals surface area (Å²) >= 11 is 0. The van der Waals surface area contributed by atoms with E-state index in [4.69, 9.17) is 4.74 Å². The summed E-state index contributed by atoms with van der Waals surface area (Å²) in [5.74, 6) is 1.82. The number of hydrogen-bond donors (Lipinski definition) is 0. The van der Waals surface area contributed by atoms with Crippen molar-refractivity contribution < 1.29 is 14.3 Å². The number of ketones is 1. The van der Waals surface area contributed by atoms with Crippen LogP contribution in [0.25, 0.3) is 0 Å². The molecule has 1 aromatic rings. The van der Waals surface area contributed by atoms with Crippen LogP contribution in [0.3, 0.4) is 0 Å². The average Bonchev–Trinajstić information content (AvgIpc) is 3.34. The minimum absolute atomic E-state index is 0.0323. The van der Waals surface area contributed by atoms with E-state index >= 15 is 0 Å². The van der Waals surface area contributed by atoms with Crippen molar-refractivity contribution in [1.82, 2.24) is 14.8 Å². The van der Waals surface area contributed by atoms with Crippen molar-refractivity contribution in [3.05, 3.63) is 36.0 Å². The summed E-state index contributed by atoms with van der Waals surface area (Å²) in [6.45, 7) is 6.56. The van der Waals surface area contributed by atoms with E-state index in [0.717, 1.165) is 50.5 Å². The van der Waals surface area contributed by atoms with Crippen LogP contribution in [-0.4, -0.2) is 32.6 Å². The molecule has 0 aromatic carbocycles. The van der Waals surface area contributed by atoms with Gasteiger partial charge >= 0.3 is 5.97 Å². The Morgan fingerprint density at radius 3 is 2.68 bits per heavy atom. The van der Waals surface area contributed by atoms with Crippen LogP contribution in [-0.2, 0) is 20.9 Å². The Morgan fingerprint density at radius 2 is 1.94 bits per heavy atom. The maximum Gasteiger partial charge on any atom is 0.302 e. The van der Waals surface area contributed by atoms with Gasteiger partial charge in [0.1, 0.15) is 25.3 Å². The Kier molecular flexibility index (Phi) is 4.94. The summed E-state index contributed by atoms with van der Waals surface area (Å²) in [6.07, 6.45) is 15.1. The highest BCUT2D eigenvalue weighted by Crippen LogP contribution is 2.65. The van der Waals surface area contributed by atoms with Gasteiger partial charge in [0.2, 0.25) is 0 Å². The molecular formula is C25H33N3O3. The lowest BCUT2D eigenvalue weighted by atomic mass is 9.47. The van der Waals surface area contributed by atoms with Crippen LogP contribution in [0, 0.1) is 28.6 Å². The predicted molar refractivity (Wildman–Crippen MR) is 116 cm³/mol. The predicted octanol–water partition coefficient (Wildman–Crippen LogP) is 4.28. The number of Topliss-reactive ketones (excluding diaryl/α,β-unsaturated/α-hetero) is 1. The number of fused-ring (bicyclic) bond motifs is 5. The van der Waals surface area contributed by atoms with Gasteiger partial charge in [-0.2, -0.15) is 5.10 Å². The number of carbonyl (C=O) groups is 2. The third-order valence-electron chi connectivity index (χ3n) is 9.04. The molecule has 0 aliphatic heterocycles. The Balaban J connectivity index is 1.35. The number of esters is 1. The fourth-order valence-corrected chi connectivity index (χ4v) is 7.51. The lowest BCUT2D eigenvalue weighted by Gasteiger charge is -2.57. The first-order valence-corrected chi connectivity index (χ1v) is 11.7. The number of ether oxygens (including phenoxy) is 1. The van der Waals surface area contributed by atoms with Crippen LogP contribution in [0.1, 0.15) is 65.7 Å². The van der Waals surface area contributed by atoms with Gasteiger partial charge in [0.05, 0.1) is 0 Å². The number of allylic oxidation sites excluding steroid dienone is 3. The topological polar surface area (TPSA) is 74.1 Å². The van der Waals surface area contributed by atoms with Gasteiger partial charge in [-0.05, 0) is 72.7 Å². The largest absolute Gasteiger partial charge is 0.462 e. The Morgan fingerprint density at radius 1 is 1.13 bits per heavy atom. The molecule has 0 N–H and O–H groups in total. The number of nitrogens with zero attached hydrogens (tertiary/aromatic N) is 3. The Hall–Kier alpha value is -2.24. The molecule has 31 heavy (non-hydrogen) atoms. The molecular weight excluding hydrogens is 390 g/mol. The summed E-state index contributed by atoms with van der Waals surface area (Å²) < 4.78 is 7.18. The molecule has 0 saturated heterocycles.